The zero-order valence-corrected chi connectivity index (χ0v) is 20.5. The van der Waals surface area contributed by atoms with Crippen molar-refractivity contribution in [2.24, 2.45) is 0 Å². The smallest absolute Gasteiger partial charge is 0.388 e. The number of carbonyl (C=O) groups is 2. The lowest BCUT2D eigenvalue weighted by Crippen LogP contribution is -2.39. The Morgan fingerprint density at radius 3 is 2.89 bits per heavy atom. The van der Waals surface area contributed by atoms with E-state index in [2.05, 4.69) is 20.0 Å². The van der Waals surface area contributed by atoms with Crippen molar-refractivity contribution >= 4 is 35.1 Å². The minimum atomic E-state index is -0.719. The van der Waals surface area contributed by atoms with Crippen LogP contribution < -0.4 is 15.6 Å². The summed E-state index contributed by atoms with van der Waals surface area (Å²) in [6.45, 7) is 1.13. The number of hydrogen-bond donors (Lipinski definition) is 0. The Bertz CT molecular complexity index is 1350. The van der Waals surface area contributed by atoms with Gasteiger partial charge in [0, 0.05) is 50.7 Å². The molecule has 0 unspecified atom stereocenters. The SMILES string of the molecule is CSc1ncc2c(n1)N1CCC[C@H]1CN(c1cccc(-c3nn(CC(=O)N(C)C)c(=O)o3)c1)C2=O. The van der Waals surface area contributed by atoms with Crippen LogP contribution in [0.2, 0.25) is 0 Å². The molecule has 0 bridgehead atoms. The lowest BCUT2D eigenvalue weighted by atomic mass is 10.1. The van der Waals surface area contributed by atoms with Gasteiger partial charge >= 0.3 is 5.76 Å². The molecule has 1 saturated heterocycles. The van der Waals surface area contributed by atoms with Crippen molar-refractivity contribution in [2.45, 2.75) is 30.6 Å². The van der Waals surface area contributed by atoms with Crippen LogP contribution in [0.1, 0.15) is 23.2 Å². The maximum Gasteiger partial charge on any atom is 0.437 e. The Morgan fingerprint density at radius 2 is 2.11 bits per heavy atom. The van der Waals surface area contributed by atoms with Gasteiger partial charge in [0.25, 0.3) is 5.91 Å². The molecule has 182 valence electrons. The minimum absolute atomic E-state index is 0.0847. The average Bonchev–Trinajstić information content (AvgIpc) is 3.45. The van der Waals surface area contributed by atoms with Gasteiger partial charge in [-0.1, -0.05) is 17.8 Å². The maximum absolute atomic E-state index is 13.6. The first kappa shape index (κ1) is 23.1. The van der Waals surface area contributed by atoms with E-state index in [1.54, 1.807) is 43.4 Å². The third-order valence-electron chi connectivity index (χ3n) is 6.24. The van der Waals surface area contributed by atoms with Crippen molar-refractivity contribution in [3.05, 3.63) is 46.6 Å². The van der Waals surface area contributed by atoms with Crippen molar-refractivity contribution < 1.29 is 14.0 Å². The molecule has 1 atom stereocenters. The molecule has 2 amide bonds. The van der Waals surface area contributed by atoms with Gasteiger partial charge in [0.05, 0.1) is 0 Å². The van der Waals surface area contributed by atoms with Crippen LogP contribution in [-0.4, -0.2) is 75.9 Å². The number of aromatic nitrogens is 4. The van der Waals surface area contributed by atoms with E-state index in [0.29, 0.717) is 34.3 Å². The highest BCUT2D eigenvalue weighted by Gasteiger charge is 2.37. The van der Waals surface area contributed by atoms with E-state index in [1.165, 1.54) is 16.7 Å². The number of likely N-dealkylation sites (N-methyl/N-ethyl adjacent to an activating group) is 1. The summed E-state index contributed by atoms with van der Waals surface area (Å²) >= 11 is 1.45. The predicted octanol–water partition coefficient (Wildman–Crippen LogP) is 1.73. The summed E-state index contributed by atoms with van der Waals surface area (Å²) in [5.41, 5.74) is 1.66. The number of rotatable bonds is 5. The van der Waals surface area contributed by atoms with Gasteiger partial charge in [0.2, 0.25) is 11.8 Å². The summed E-state index contributed by atoms with van der Waals surface area (Å²) in [6.07, 6.45) is 5.51. The minimum Gasteiger partial charge on any atom is -0.388 e. The van der Waals surface area contributed by atoms with Gasteiger partial charge in [-0.05, 0) is 37.3 Å². The van der Waals surface area contributed by atoms with Crippen LogP contribution in [0.15, 0.2) is 44.8 Å². The van der Waals surface area contributed by atoms with E-state index in [-0.39, 0.29) is 30.3 Å². The molecule has 0 aliphatic carbocycles. The fourth-order valence-corrected chi connectivity index (χ4v) is 4.73. The number of amides is 2. The summed E-state index contributed by atoms with van der Waals surface area (Å²) in [4.78, 5) is 52.2. The van der Waals surface area contributed by atoms with E-state index < -0.39 is 5.76 Å². The molecule has 2 aliphatic rings. The molecule has 0 spiro atoms. The molecule has 4 heterocycles. The molecule has 2 aromatic heterocycles. The fourth-order valence-electron chi connectivity index (χ4n) is 4.39. The van der Waals surface area contributed by atoms with E-state index in [9.17, 15) is 14.4 Å². The van der Waals surface area contributed by atoms with Crippen LogP contribution in [0.25, 0.3) is 11.5 Å². The number of thioether (sulfide) groups is 1. The summed E-state index contributed by atoms with van der Waals surface area (Å²) in [5, 5.41) is 4.83. The average molecular weight is 496 g/mol. The third-order valence-corrected chi connectivity index (χ3v) is 6.80. The highest BCUT2D eigenvalue weighted by molar-refractivity contribution is 7.98. The van der Waals surface area contributed by atoms with Gasteiger partial charge < -0.3 is 19.1 Å². The normalized spacial score (nSPS) is 17.2. The van der Waals surface area contributed by atoms with Crippen molar-refractivity contribution in [3.8, 4) is 11.5 Å². The number of nitrogens with zero attached hydrogens (tertiary/aromatic N) is 7. The molecule has 12 heteroatoms. The van der Waals surface area contributed by atoms with Crippen LogP contribution in [-0.2, 0) is 11.3 Å². The molecule has 2 aliphatic heterocycles. The summed E-state index contributed by atoms with van der Waals surface area (Å²) in [6, 6.07) is 7.28. The maximum atomic E-state index is 13.6. The Hall–Kier alpha value is -3.67. The lowest BCUT2D eigenvalue weighted by molar-refractivity contribution is -0.129. The third kappa shape index (κ3) is 4.29. The van der Waals surface area contributed by atoms with Gasteiger partial charge in [0.15, 0.2) is 5.16 Å². The van der Waals surface area contributed by atoms with Crippen LogP contribution in [0.4, 0.5) is 11.5 Å². The van der Waals surface area contributed by atoms with Gasteiger partial charge in [0.1, 0.15) is 17.9 Å². The predicted molar refractivity (Wildman–Crippen MR) is 131 cm³/mol. The van der Waals surface area contributed by atoms with E-state index >= 15 is 0 Å². The van der Waals surface area contributed by atoms with E-state index in [1.807, 2.05) is 12.3 Å². The van der Waals surface area contributed by atoms with Crippen LogP contribution in [0.5, 0.6) is 0 Å². The lowest BCUT2D eigenvalue weighted by Gasteiger charge is -2.27. The molecule has 0 saturated carbocycles. The molecule has 35 heavy (non-hydrogen) atoms. The Balaban J connectivity index is 1.50. The fraction of sp³-hybridized carbons (Fsp3) is 0.391. The molecule has 5 rings (SSSR count). The monoisotopic (exact) mass is 495 g/mol. The molecule has 1 fully saturated rings. The highest BCUT2D eigenvalue weighted by atomic mass is 32.2. The Morgan fingerprint density at radius 1 is 1.29 bits per heavy atom. The molecule has 0 N–H and O–H groups in total. The number of anilines is 2. The largest absolute Gasteiger partial charge is 0.437 e. The van der Waals surface area contributed by atoms with E-state index in [4.69, 9.17) is 4.42 Å². The molecular formula is C23H25N7O4S. The zero-order valence-electron chi connectivity index (χ0n) is 19.7. The molecule has 0 radical (unpaired) electrons. The quantitative estimate of drug-likeness (QED) is 0.385. The number of carbonyl (C=O) groups excluding carboxylic acids is 2. The van der Waals surface area contributed by atoms with Crippen LogP contribution in [0, 0.1) is 0 Å². The first-order chi connectivity index (χ1) is 16.9. The summed E-state index contributed by atoms with van der Waals surface area (Å²) in [5.74, 6) is -0.402. The second-order valence-corrected chi connectivity index (χ2v) is 9.44. The number of benzene rings is 1. The number of hydrogen-bond acceptors (Lipinski definition) is 9. The second kappa shape index (κ2) is 9.17. The topological polar surface area (TPSA) is 118 Å². The van der Waals surface area contributed by atoms with Crippen molar-refractivity contribution in [2.75, 3.05) is 43.2 Å². The standard InChI is InChI=1S/C23H25N7O4S/c1-27(2)18(31)13-30-23(33)34-20(26-30)14-6-4-7-15(10-14)29-12-16-8-5-9-28(16)19-17(21(29)32)11-24-22(25-19)35-3/h4,6-7,10-11,16H,5,8-9,12-13H2,1-3H3/t16-/m0/s1. The zero-order chi connectivity index (χ0) is 24.7. The molecular weight excluding hydrogens is 470 g/mol. The second-order valence-electron chi connectivity index (χ2n) is 8.67. The highest BCUT2D eigenvalue weighted by Crippen LogP contribution is 2.35. The van der Waals surface area contributed by atoms with Crippen LogP contribution in [0.3, 0.4) is 0 Å². The van der Waals surface area contributed by atoms with Crippen molar-refractivity contribution in [3.63, 3.8) is 0 Å². The first-order valence-electron chi connectivity index (χ1n) is 11.2. The molecule has 11 nitrogen and oxygen atoms in total. The van der Waals surface area contributed by atoms with Gasteiger partial charge in [-0.2, -0.15) is 4.68 Å². The Labute approximate surface area is 205 Å². The van der Waals surface area contributed by atoms with Crippen LogP contribution >= 0.6 is 11.8 Å². The first-order valence-corrected chi connectivity index (χ1v) is 12.5. The molecule has 3 aromatic rings. The Kier molecular flexibility index (Phi) is 6.05. The molecule has 1 aromatic carbocycles. The van der Waals surface area contributed by atoms with Crippen molar-refractivity contribution in [1.29, 1.82) is 0 Å². The summed E-state index contributed by atoms with van der Waals surface area (Å²) < 4.78 is 6.31. The van der Waals surface area contributed by atoms with E-state index in [0.717, 1.165) is 24.1 Å². The summed E-state index contributed by atoms with van der Waals surface area (Å²) in [7, 11) is 3.21. The van der Waals surface area contributed by atoms with Gasteiger partial charge in [-0.25, -0.2) is 14.8 Å². The van der Waals surface area contributed by atoms with Crippen molar-refractivity contribution in [1.82, 2.24) is 24.6 Å². The van der Waals surface area contributed by atoms with Gasteiger partial charge in [-0.3, -0.25) is 9.59 Å². The number of fused-ring (bicyclic) bond motifs is 3. The van der Waals surface area contributed by atoms with Gasteiger partial charge in [-0.15, -0.1) is 5.10 Å².